The lowest BCUT2D eigenvalue weighted by atomic mass is 10.1. The van der Waals surface area contributed by atoms with E-state index in [1.165, 1.54) is 26.2 Å². The first-order valence-corrected chi connectivity index (χ1v) is 7.77. The molecular weight excluding hydrogens is 355 g/mol. The van der Waals surface area contributed by atoms with E-state index in [0.29, 0.717) is 11.5 Å². The number of anilines is 3. The number of amides is 1. The Morgan fingerprint density at radius 3 is 2.67 bits per heavy atom. The van der Waals surface area contributed by atoms with Gasteiger partial charge in [-0.15, -0.1) is 10.2 Å². The van der Waals surface area contributed by atoms with Gasteiger partial charge in [-0.25, -0.2) is 9.18 Å². The molecule has 0 atom stereocenters. The Kier molecular flexibility index (Phi) is 5.06. The molecule has 0 spiro atoms. The van der Waals surface area contributed by atoms with Crippen molar-refractivity contribution < 1.29 is 18.7 Å². The predicted octanol–water partition coefficient (Wildman–Crippen LogP) is 2.43. The smallest absolute Gasteiger partial charge is 0.339 e. The van der Waals surface area contributed by atoms with Gasteiger partial charge in [0, 0.05) is 6.20 Å². The summed E-state index contributed by atoms with van der Waals surface area (Å²) in [4.78, 5) is 24.3. The molecule has 3 aromatic rings. The summed E-state index contributed by atoms with van der Waals surface area (Å²) in [5.74, 6) is -1.50. The Morgan fingerprint density at radius 2 is 2.04 bits per heavy atom. The number of hydrogen-bond donors (Lipinski definition) is 3. The number of esters is 1. The molecule has 0 fully saturated rings. The molecule has 0 aliphatic carbocycles. The van der Waals surface area contributed by atoms with Crippen LogP contribution in [0.5, 0.6) is 0 Å². The SMILES string of the molecule is COC(=O)c1cc(C)c(F)cc1NC(=O)c1ccc(Nc2cn[nH]c2)nn1. The van der Waals surface area contributed by atoms with E-state index in [9.17, 15) is 14.0 Å². The van der Waals surface area contributed by atoms with E-state index in [1.807, 2.05) is 0 Å². The predicted molar refractivity (Wildman–Crippen MR) is 94.3 cm³/mol. The highest BCUT2D eigenvalue weighted by atomic mass is 19.1. The molecule has 3 N–H and O–H groups in total. The first-order valence-electron chi connectivity index (χ1n) is 7.77. The molecule has 0 unspecified atom stereocenters. The summed E-state index contributed by atoms with van der Waals surface area (Å²) in [5, 5.41) is 19.5. The Morgan fingerprint density at radius 1 is 1.22 bits per heavy atom. The van der Waals surface area contributed by atoms with Crippen LogP contribution in [0.4, 0.5) is 21.6 Å². The Bertz CT molecular complexity index is 973. The van der Waals surface area contributed by atoms with Gasteiger partial charge < -0.3 is 15.4 Å². The van der Waals surface area contributed by atoms with Crippen LogP contribution in [0.3, 0.4) is 0 Å². The van der Waals surface area contributed by atoms with Crippen LogP contribution in [-0.2, 0) is 4.74 Å². The molecule has 3 rings (SSSR count). The number of benzene rings is 1. The number of nitrogens with one attached hydrogen (secondary N) is 3. The monoisotopic (exact) mass is 370 g/mol. The minimum Gasteiger partial charge on any atom is -0.465 e. The average Bonchev–Trinajstić information content (AvgIpc) is 3.17. The lowest BCUT2D eigenvalue weighted by Crippen LogP contribution is -2.18. The zero-order valence-electron chi connectivity index (χ0n) is 14.4. The fraction of sp³-hybridized carbons (Fsp3) is 0.118. The highest BCUT2D eigenvalue weighted by Crippen LogP contribution is 2.22. The molecular formula is C17H15FN6O3. The number of rotatable bonds is 5. The standard InChI is InChI=1S/C17H15FN6O3/c1-9-5-11(17(26)27-2)14(6-12(9)18)22-16(25)13-3-4-15(24-23-13)21-10-7-19-20-8-10/h3-8H,1-2H3,(H,19,20)(H,21,24)(H,22,25). The van der Waals surface area contributed by atoms with E-state index >= 15 is 0 Å². The van der Waals surface area contributed by atoms with Gasteiger partial charge in [0.05, 0.1) is 30.2 Å². The number of ether oxygens (including phenoxy) is 1. The topological polar surface area (TPSA) is 122 Å². The van der Waals surface area contributed by atoms with Crippen LogP contribution in [-0.4, -0.2) is 39.4 Å². The summed E-state index contributed by atoms with van der Waals surface area (Å²) in [5.41, 5.74) is 0.945. The van der Waals surface area contributed by atoms with Gasteiger partial charge in [0.2, 0.25) is 0 Å². The van der Waals surface area contributed by atoms with Gasteiger partial charge >= 0.3 is 5.97 Å². The maximum Gasteiger partial charge on any atom is 0.339 e. The molecule has 1 aromatic carbocycles. The second-order valence-electron chi connectivity index (χ2n) is 5.51. The largest absolute Gasteiger partial charge is 0.465 e. The van der Waals surface area contributed by atoms with Gasteiger partial charge in [-0.2, -0.15) is 5.10 Å². The van der Waals surface area contributed by atoms with Crippen molar-refractivity contribution in [3.05, 3.63) is 59.3 Å². The van der Waals surface area contributed by atoms with E-state index in [-0.39, 0.29) is 22.5 Å². The molecule has 0 bridgehead atoms. The number of H-pyrrole nitrogens is 1. The minimum atomic E-state index is -0.695. The van der Waals surface area contributed by atoms with E-state index in [2.05, 4.69) is 35.8 Å². The quantitative estimate of drug-likeness (QED) is 0.590. The van der Waals surface area contributed by atoms with Crippen molar-refractivity contribution in [2.75, 3.05) is 17.7 Å². The number of aryl methyl sites for hydroxylation is 1. The zero-order valence-corrected chi connectivity index (χ0v) is 14.4. The molecule has 138 valence electrons. The highest BCUT2D eigenvalue weighted by Gasteiger charge is 2.18. The maximum atomic E-state index is 13.9. The van der Waals surface area contributed by atoms with Gasteiger partial charge in [-0.05, 0) is 36.8 Å². The maximum absolute atomic E-state index is 13.9. The lowest BCUT2D eigenvalue weighted by Gasteiger charge is -2.11. The average molecular weight is 370 g/mol. The first-order chi connectivity index (χ1) is 13.0. The second kappa shape index (κ2) is 7.60. The Balaban J connectivity index is 1.79. The third-order valence-corrected chi connectivity index (χ3v) is 3.62. The third kappa shape index (κ3) is 4.06. The van der Waals surface area contributed by atoms with Crippen molar-refractivity contribution >= 4 is 29.1 Å². The van der Waals surface area contributed by atoms with Gasteiger partial charge in [0.25, 0.3) is 5.91 Å². The van der Waals surface area contributed by atoms with E-state index in [1.54, 1.807) is 18.5 Å². The van der Waals surface area contributed by atoms with Crippen molar-refractivity contribution in [1.29, 1.82) is 0 Å². The second-order valence-corrected chi connectivity index (χ2v) is 5.51. The molecule has 1 amide bonds. The molecule has 0 saturated carbocycles. The molecule has 0 aliphatic rings. The van der Waals surface area contributed by atoms with Crippen LogP contribution < -0.4 is 10.6 Å². The van der Waals surface area contributed by atoms with Crippen LogP contribution in [0.1, 0.15) is 26.4 Å². The zero-order chi connectivity index (χ0) is 19.4. The molecule has 27 heavy (non-hydrogen) atoms. The van der Waals surface area contributed by atoms with Crippen molar-refractivity contribution in [3.8, 4) is 0 Å². The number of hydrogen-bond acceptors (Lipinski definition) is 7. The van der Waals surface area contributed by atoms with Crippen LogP contribution in [0.2, 0.25) is 0 Å². The third-order valence-electron chi connectivity index (χ3n) is 3.62. The van der Waals surface area contributed by atoms with Gasteiger partial charge in [0.1, 0.15) is 5.82 Å². The first kappa shape index (κ1) is 18.0. The molecule has 0 radical (unpaired) electrons. The summed E-state index contributed by atoms with van der Waals surface area (Å²) in [6.45, 7) is 1.50. The van der Waals surface area contributed by atoms with Crippen LogP contribution in [0.15, 0.2) is 36.7 Å². The summed E-state index contributed by atoms with van der Waals surface area (Å²) in [6.07, 6.45) is 3.19. The molecule has 2 heterocycles. The van der Waals surface area contributed by atoms with Gasteiger partial charge in [0.15, 0.2) is 11.5 Å². The normalized spacial score (nSPS) is 10.3. The van der Waals surface area contributed by atoms with Crippen molar-refractivity contribution in [1.82, 2.24) is 20.4 Å². The van der Waals surface area contributed by atoms with Crippen molar-refractivity contribution in [2.45, 2.75) is 6.92 Å². The number of halogens is 1. The molecule has 0 aliphatic heterocycles. The summed E-state index contributed by atoms with van der Waals surface area (Å²) >= 11 is 0. The summed E-state index contributed by atoms with van der Waals surface area (Å²) in [7, 11) is 1.20. The Hall–Kier alpha value is -3.82. The molecule has 0 saturated heterocycles. The number of aromatic nitrogens is 4. The lowest BCUT2D eigenvalue weighted by molar-refractivity contribution is 0.0601. The number of aromatic amines is 1. The summed E-state index contributed by atoms with van der Waals surface area (Å²) < 4.78 is 18.5. The fourth-order valence-corrected chi connectivity index (χ4v) is 2.24. The fourth-order valence-electron chi connectivity index (χ4n) is 2.24. The Labute approximate surface area is 153 Å². The number of carbonyl (C=O) groups excluding carboxylic acids is 2. The molecule has 10 heteroatoms. The van der Waals surface area contributed by atoms with E-state index in [0.717, 1.165) is 6.07 Å². The van der Waals surface area contributed by atoms with E-state index in [4.69, 9.17) is 0 Å². The number of methoxy groups -OCH3 is 1. The van der Waals surface area contributed by atoms with Gasteiger partial charge in [-0.1, -0.05) is 0 Å². The van der Waals surface area contributed by atoms with Crippen LogP contribution in [0.25, 0.3) is 0 Å². The van der Waals surface area contributed by atoms with Crippen molar-refractivity contribution in [3.63, 3.8) is 0 Å². The minimum absolute atomic E-state index is 0.00968. The van der Waals surface area contributed by atoms with E-state index < -0.39 is 17.7 Å². The molecule has 2 aromatic heterocycles. The van der Waals surface area contributed by atoms with Crippen LogP contribution >= 0.6 is 0 Å². The molecule has 9 nitrogen and oxygen atoms in total. The highest BCUT2D eigenvalue weighted by molar-refractivity contribution is 6.07. The number of nitrogens with zero attached hydrogens (tertiary/aromatic N) is 3. The summed E-state index contributed by atoms with van der Waals surface area (Å²) in [6, 6.07) is 5.35. The van der Waals surface area contributed by atoms with Crippen molar-refractivity contribution in [2.24, 2.45) is 0 Å². The number of carbonyl (C=O) groups is 2. The van der Waals surface area contributed by atoms with Crippen LogP contribution in [0, 0.1) is 12.7 Å². The van der Waals surface area contributed by atoms with Gasteiger partial charge in [-0.3, -0.25) is 9.89 Å².